The number of alkyl carbamates (subject to hydrolysis) is 1. The van der Waals surface area contributed by atoms with Gasteiger partial charge >= 0.3 is 6.09 Å². The smallest absolute Gasteiger partial charge is 0.407 e. The van der Waals surface area contributed by atoms with Crippen molar-refractivity contribution in [3.63, 3.8) is 0 Å². The molecule has 15 heavy (non-hydrogen) atoms. The van der Waals surface area contributed by atoms with Gasteiger partial charge in [-0.2, -0.15) is 0 Å². The molecule has 1 aromatic rings. The average molecular weight is 232 g/mol. The van der Waals surface area contributed by atoms with Gasteiger partial charge in [0.1, 0.15) is 12.4 Å². The number of carbonyl (C=O) groups is 1. The van der Waals surface area contributed by atoms with Crippen LogP contribution in [0.25, 0.3) is 0 Å². The number of amides is 1. The van der Waals surface area contributed by atoms with Crippen molar-refractivity contribution >= 4 is 18.5 Å². The van der Waals surface area contributed by atoms with E-state index in [-0.39, 0.29) is 30.9 Å². The van der Waals surface area contributed by atoms with E-state index >= 15 is 0 Å². The summed E-state index contributed by atoms with van der Waals surface area (Å²) in [7, 11) is 0. The van der Waals surface area contributed by atoms with E-state index in [9.17, 15) is 9.18 Å². The summed E-state index contributed by atoms with van der Waals surface area (Å²) < 4.78 is 17.9. The minimum atomic E-state index is -0.446. The molecule has 1 amide bonds. The molecule has 82 valence electrons. The van der Waals surface area contributed by atoms with Gasteiger partial charge in [-0.1, -0.05) is 12.1 Å². The molecule has 0 spiro atoms. The fourth-order valence-corrected chi connectivity index (χ4v) is 1.55. The Morgan fingerprint density at radius 3 is 2.87 bits per heavy atom. The van der Waals surface area contributed by atoms with Gasteiger partial charge in [0.15, 0.2) is 0 Å². The molecule has 1 saturated heterocycles. The molecule has 1 aliphatic rings. The van der Waals surface area contributed by atoms with E-state index in [1.54, 1.807) is 19.1 Å². The second-order valence-electron chi connectivity index (χ2n) is 3.25. The lowest BCUT2D eigenvalue weighted by Gasteiger charge is -2.11. The number of hydrogen-bond acceptors (Lipinski definition) is 2. The maximum absolute atomic E-state index is 13.2. The van der Waals surface area contributed by atoms with Crippen LogP contribution < -0.4 is 5.32 Å². The second kappa shape index (κ2) is 4.49. The maximum atomic E-state index is 13.2. The fourth-order valence-electron chi connectivity index (χ4n) is 1.55. The first kappa shape index (κ1) is 11.8. The maximum Gasteiger partial charge on any atom is 0.407 e. The molecule has 1 aliphatic heterocycles. The molecule has 1 N–H and O–H groups in total. The Morgan fingerprint density at radius 1 is 1.53 bits per heavy atom. The number of hydrogen-bond donors (Lipinski definition) is 1. The summed E-state index contributed by atoms with van der Waals surface area (Å²) in [4.78, 5) is 10.8. The van der Waals surface area contributed by atoms with Crippen LogP contribution >= 0.6 is 12.4 Å². The van der Waals surface area contributed by atoms with Crippen molar-refractivity contribution in [1.29, 1.82) is 0 Å². The first-order valence-electron chi connectivity index (χ1n) is 4.37. The molecule has 0 bridgehead atoms. The number of ether oxygens (including phenoxy) is 1. The van der Waals surface area contributed by atoms with Gasteiger partial charge in [0.05, 0.1) is 6.04 Å². The Morgan fingerprint density at radius 2 is 2.27 bits per heavy atom. The summed E-state index contributed by atoms with van der Waals surface area (Å²) in [5, 5.41) is 2.61. The van der Waals surface area contributed by atoms with E-state index < -0.39 is 6.09 Å². The van der Waals surface area contributed by atoms with E-state index in [1.807, 2.05) is 0 Å². The Hall–Kier alpha value is -1.29. The second-order valence-corrected chi connectivity index (χ2v) is 3.25. The number of halogens is 2. The van der Waals surface area contributed by atoms with Gasteiger partial charge in [0, 0.05) is 0 Å². The van der Waals surface area contributed by atoms with Crippen molar-refractivity contribution in [3.05, 3.63) is 35.1 Å². The first-order valence-corrected chi connectivity index (χ1v) is 4.37. The lowest BCUT2D eigenvalue weighted by atomic mass is 10.0. The highest BCUT2D eigenvalue weighted by Gasteiger charge is 2.25. The Balaban J connectivity index is 0.00000112. The molecule has 1 aromatic carbocycles. The molecule has 0 radical (unpaired) electrons. The SMILES string of the molecule is Cc1c(F)cccc1[C@H]1COC(=O)N1.Cl. The normalized spacial score (nSPS) is 19.1. The van der Waals surface area contributed by atoms with Crippen LogP contribution in [0.5, 0.6) is 0 Å². The molecule has 1 atom stereocenters. The van der Waals surface area contributed by atoms with Crippen LogP contribution in [0.1, 0.15) is 17.2 Å². The number of rotatable bonds is 1. The largest absolute Gasteiger partial charge is 0.447 e. The van der Waals surface area contributed by atoms with Gasteiger partial charge in [-0.05, 0) is 24.1 Å². The van der Waals surface area contributed by atoms with Gasteiger partial charge in [0.25, 0.3) is 0 Å². The van der Waals surface area contributed by atoms with Crippen LogP contribution in [0, 0.1) is 12.7 Å². The van der Waals surface area contributed by atoms with Crippen LogP contribution in [-0.2, 0) is 4.74 Å². The van der Waals surface area contributed by atoms with Gasteiger partial charge in [-0.3, -0.25) is 0 Å². The van der Waals surface area contributed by atoms with Crippen molar-refractivity contribution in [2.45, 2.75) is 13.0 Å². The molecule has 0 unspecified atom stereocenters. The fraction of sp³-hybridized carbons (Fsp3) is 0.300. The summed E-state index contributed by atoms with van der Waals surface area (Å²) in [6.45, 7) is 1.96. The van der Waals surface area contributed by atoms with Crippen molar-refractivity contribution < 1.29 is 13.9 Å². The quantitative estimate of drug-likeness (QED) is 0.806. The summed E-state index contributed by atoms with van der Waals surface area (Å²) in [6, 6.07) is 4.59. The average Bonchev–Trinajstić information content (AvgIpc) is 2.57. The third-order valence-corrected chi connectivity index (χ3v) is 2.36. The lowest BCUT2D eigenvalue weighted by molar-refractivity contribution is 0.177. The van der Waals surface area contributed by atoms with Crippen molar-refractivity contribution in [1.82, 2.24) is 5.32 Å². The highest BCUT2D eigenvalue weighted by atomic mass is 35.5. The molecule has 3 nitrogen and oxygen atoms in total. The number of nitrogens with one attached hydrogen (secondary N) is 1. The summed E-state index contributed by atoms with van der Waals surface area (Å²) >= 11 is 0. The third-order valence-electron chi connectivity index (χ3n) is 2.36. The zero-order chi connectivity index (χ0) is 10.1. The minimum Gasteiger partial charge on any atom is -0.447 e. The number of cyclic esters (lactones) is 1. The molecule has 1 heterocycles. The summed E-state index contributed by atoms with van der Waals surface area (Å²) in [5.74, 6) is -0.261. The van der Waals surface area contributed by atoms with E-state index in [0.29, 0.717) is 5.56 Å². The van der Waals surface area contributed by atoms with Gasteiger partial charge < -0.3 is 10.1 Å². The molecule has 5 heteroatoms. The molecule has 2 rings (SSSR count). The van der Waals surface area contributed by atoms with Crippen LogP contribution in [0.4, 0.5) is 9.18 Å². The zero-order valence-electron chi connectivity index (χ0n) is 8.12. The van der Waals surface area contributed by atoms with Crippen LogP contribution in [0.15, 0.2) is 18.2 Å². The Kier molecular flexibility index (Phi) is 3.52. The van der Waals surface area contributed by atoms with Crippen LogP contribution in [0.2, 0.25) is 0 Å². The van der Waals surface area contributed by atoms with Gasteiger partial charge in [-0.25, -0.2) is 9.18 Å². The highest BCUT2D eigenvalue weighted by molar-refractivity contribution is 5.85. The highest BCUT2D eigenvalue weighted by Crippen LogP contribution is 2.22. The predicted octanol–water partition coefficient (Wildman–Crippen LogP) is 2.34. The molecule has 0 saturated carbocycles. The lowest BCUT2D eigenvalue weighted by Crippen LogP contribution is -2.19. The van der Waals surface area contributed by atoms with Gasteiger partial charge in [0.2, 0.25) is 0 Å². The molecule has 0 aromatic heterocycles. The third kappa shape index (κ3) is 2.21. The minimum absolute atomic E-state index is 0. The van der Waals surface area contributed by atoms with Crippen molar-refractivity contribution in [2.24, 2.45) is 0 Å². The molecular formula is C10H11ClFNO2. The number of carbonyl (C=O) groups excluding carboxylic acids is 1. The van der Waals surface area contributed by atoms with Crippen molar-refractivity contribution in [3.8, 4) is 0 Å². The zero-order valence-corrected chi connectivity index (χ0v) is 8.94. The molecule has 1 fully saturated rings. The van der Waals surface area contributed by atoms with Crippen LogP contribution in [-0.4, -0.2) is 12.7 Å². The van der Waals surface area contributed by atoms with E-state index in [1.165, 1.54) is 6.07 Å². The Labute approximate surface area is 93.0 Å². The van der Waals surface area contributed by atoms with Crippen molar-refractivity contribution in [2.75, 3.05) is 6.61 Å². The van der Waals surface area contributed by atoms with E-state index in [4.69, 9.17) is 4.74 Å². The van der Waals surface area contributed by atoms with E-state index in [2.05, 4.69) is 5.32 Å². The monoisotopic (exact) mass is 231 g/mol. The topological polar surface area (TPSA) is 38.3 Å². The molecule has 0 aliphatic carbocycles. The number of benzene rings is 1. The molecular weight excluding hydrogens is 221 g/mol. The summed E-state index contributed by atoms with van der Waals surface area (Å²) in [6.07, 6.45) is -0.446. The van der Waals surface area contributed by atoms with Gasteiger partial charge in [-0.15, -0.1) is 12.4 Å². The van der Waals surface area contributed by atoms with E-state index in [0.717, 1.165) is 5.56 Å². The predicted molar refractivity (Wildman–Crippen MR) is 55.6 cm³/mol. The van der Waals surface area contributed by atoms with Crippen LogP contribution in [0.3, 0.4) is 0 Å². The first-order chi connectivity index (χ1) is 6.68. The summed E-state index contributed by atoms with van der Waals surface area (Å²) in [5.41, 5.74) is 1.33. The standard InChI is InChI=1S/C10H10FNO2.ClH/c1-6-7(3-2-4-8(6)11)9-5-14-10(13)12-9;/h2-4,9H,5H2,1H3,(H,12,13);1H/t9-;/m1./s1. The Bertz CT molecular complexity index is 384.